The predicted molar refractivity (Wildman–Crippen MR) is 107 cm³/mol. The van der Waals surface area contributed by atoms with Gasteiger partial charge in [0.15, 0.2) is 5.25 Å². The maximum atomic E-state index is 12.4. The van der Waals surface area contributed by atoms with Crippen LogP contribution in [0.15, 0.2) is 0 Å². The Morgan fingerprint density at radius 3 is 1.97 bits per heavy atom. The summed E-state index contributed by atoms with van der Waals surface area (Å²) in [6.45, 7) is 7.80. The third-order valence-corrected chi connectivity index (χ3v) is 6.04. The fourth-order valence-corrected chi connectivity index (χ4v) is 3.99. The van der Waals surface area contributed by atoms with E-state index in [-0.39, 0.29) is 55.1 Å². The summed E-state index contributed by atoms with van der Waals surface area (Å²) in [6.07, 6.45) is 7.20. The fraction of sp³-hybridized carbons (Fsp3) is 0.900. The van der Waals surface area contributed by atoms with E-state index in [4.69, 9.17) is 9.47 Å². The van der Waals surface area contributed by atoms with Crippen LogP contribution in [0.1, 0.15) is 85.5 Å². The molecule has 0 radical (unpaired) electrons. The van der Waals surface area contributed by atoms with Crippen LogP contribution >= 0.6 is 0 Å². The van der Waals surface area contributed by atoms with Gasteiger partial charge in [0.2, 0.25) is 0 Å². The van der Waals surface area contributed by atoms with E-state index in [9.17, 15) is 22.6 Å². The molecule has 0 saturated carbocycles. The van der Waals surface area contributed by atoms with Gasteiger partial charge in [-0.2, -0.15) is 0 Å². The maximum Gasteiger partial charge on any atom is 1.00 e. The number of ether oxygens (including phenoxy) is 2. The number of carbonyl (C=O) groups excluding carboxylic acids is 2. The molecule has 0 spiro atoms. The smallest absolute Gasteiger partial charge is 0.747 e. The molecule has 0 N–H and O–H groups in total. The number of rotatable bonds is 16. The molecule has 3 atom stereocenters. The second-order valence-electron chi connectivity index (χ2n) is 7.20. The maximum absolute atomic E-state index is 12.4. The summed E-state index contributed by atoms with van der Waals surface area (Å²) in [5.74, 6) is -3.24. The SMILES string of the molecule is CCCCCCOC(=O)C(CC)C(C(=O)OCC(CC)CCCC)S(=O)(=O)[O-].[Na+]. The molecule has 0 bridgehead atoms. The van der Waals surface area contributed by atoms with Gasteiger partial charge in [-0.25, -0.2) is 8.42 Å². The molecule has 0 aliphatic rings. The van der Waals surface area contributed by atoms with Gasteiger partial charge in [0, 0.05) is 0 Å². The molecule has 7 nitrogen and oxygen atoms in total. The van der Waals surface area contributed by atoms with Crippen LogP contribution in [0.4, 0.5) is 0 Å². The minimum Gasteiger partial charge on any atom is -0.747 e. The largest absolute Gasteiger partial charge is 1.00 e. The molecular weight excluding hydrogens is 407 g/mol. The summed E-state index contributed by atoms with van der Waals surface area (Å²) in [5.41, 5.74) is 0. The first kappa shape index (κ1) is 31.0. The van der Waals surface area contributed by atoms with E-state index in [1.165, 1.54) is 0 Å². The minimum absolute atomic E-state index is 0. The Balaban J connectivity index is 0. The van der Waals surface area contributed by atoms with E-state index < -0.39 is 33.2 Å². The predicted octanol–water partition coefficient (Wildman–Crippen LogP) is 0.814. The third kappa shape index (κ3) is 13.0. The molecule has 0 heterocycles. The van der Waals surface area contributed by atoms with Crippen LogP contribution < -0.4 is 29.6 Å². The van der Waals surface area contributed by atoms with E-state index in [0.29, 0.717) is 6.42 Å². The minimum atomic E-state index is -5.06. The number of esters is 2. The molecule has 0 aliphatic heterocycles. The van der Waals surface area contributed by atoms with E-state index in [1.807, 2.05) is 6.92 Å². The molecular formula is C20H37NaO7S. The molecule has 0 aliphatic carbocycles. The van der Waals surface area contributed by atoms with Gasteiger partial charge in [-0.05, 0) is 25.2 Å². The van der Waals surface area contributed by atoms with Crippen molar-refractivity contribution in [2.75, 3.05) is 13.2 Å². The zero-order valence-corrected chi connectivity index (χ0v) is 21.6. The molecule has 29 heavy (non-hydrogen) atoms. The van der Waals surface area contributed by atoms with Crippen molar-refractivity contribution in [3.05, 3.63) is 0 Å². The van der Waals surface area contributed by atoms with E-state index in [2.05, 4.69) is 13.8 Å². The zero-order chi connectivity index (χ0) is 21.6. The first-order valence-corrected chi connectivity index (χ1v) is 12.0. The molecule has 0 aromatic carbocycles. The van der Waals surface area contributed by atoms with Crippen molar-refractivity contribution in [2.24, 2.45) is 11.8 Å². The number of carbonyl (C=O) groups is 2. The van der Waals surface area contributed by atoms with Crippen molar-refractivity contribution in [2.45, 2.75) is 90.7 Å². The Kier molecular flexibility index (Phi) is 18.8. The number of hydrogen-bond donors (Lipinski definition) is 0. The van der Waals surface area contributed by atoms with Crippen molar-refractivity contribution in [3.63, 3.8) is 0 Å². The molecule has 0 saturated heterocycles. The van der Waals surface area contributed by atoms with Gasteiger partial charge in [-0.15, -0.1) is 0 Å². The van der Waals surface area contributed by atoms with Crippen LogP contribution in [0.3, 0.4) is 0 Å². The summed E-state index contributed by atoms with van der Waals surface area (Å²) in [6, 6.07) is 0. The van der Waals surface area contributed by atoms with Crippen molar-refractivity contribution >= 4 is 22.1 Å². The second kappa shape index (κ2) is 17.5. The van der Waals surface area contributed by atoms with Gasteiger partial charge >= 0.3 is 41.5 Å². The summed E-state index contributed by atoms with van der Waals surface area (Å²) in [5, 5.41) is -2.07. The summed E-state index contributed by atoms with van der Waals surface area (Å²) in [7, 11) is -5.06. The van der Waals surface area contributed by atoms with Gasteiger partial charge in [0.1, 0.15) is 10.1 Å². The van der Waals surface area contributed by atoms with Crippen molar-refractivity contribution in [3.8, 4) is 0 Å². The van der Waals surface area contributed by atoms with Crippen LogP contribution in [-0.4, -0.2) is 43.4 Å². The molecule has 166 valence electrons. The fourth-order valence-electron chi connectivity index (χ4n) is 2.98. The Labute approximate surface area is 198 Å². The van der Waals surface area contributed by atoms with Gasteiger partial charge in [-0.1, -0.05) is 66.2 Å². The monoisotopic (exact) mass is 444 g/mol. The van der Waals surface area contributed by atoms with Gasteiger partial charge in [0.25, 0.3) is 0 Å². The van der Waals surface area contributed by atoms with Crippen molar-refractivity contribution < 1.29 is 61.6 Å². The standard InChI is InChI=1S/C20H38O7S.Na/c1-5-9-11-12-14-26-19(21)17(8-4)18(28(23,24)25)20(22)27-15-16(7-3)13-10-6-2;/h16-18H,5-15H2,1-4H3,(H,23,24,25);/q;+1/p-1. The quantitative estimate of drug-likeness (QED) is 0.150. The van der Waals surface area contributed by atoms with Gasteiger partial charge in [-0.3, -0.25) is 9.59 Å². The molecule has 0 fully saturated rings. The van der Waals surface area contributed by atoms with E-state index in [0.717, 1.165) is 44.9 Å². The summed E-state index contributed by atoms with van der Waals surface area (Å²) in [4.78, 5) is 24.7. The van der Waals surface area contributed by atoms with Crippen LogP contribution in [0, 0.1) is 11.8 Å². The summed E-state index contributed by atoms with van der Waals surface area (Å²) < 4.78 is 45.4. The van der Waals surface area contributed by atoms with Crippen molar-refractivity contribution in [1.82, 2.24) is 0 Å². The Morgan fingerprint density at radius 1 is 0.862 bits per heavy atom. The topological polar surface area (TPSA) is 110 Å². The summed E-state index contributed by atoms with van der Waals surface area (Å²) >= 11 is 0. The van der Waals surface area contributed by atoms with Crippen LogP contribution in [0.25, 0.3) is 0 Å². The third-order valence-electron chi connectivity index (χ3n) is 4.90. The average Bonchev–Trinajstić information content (AvgIpc) is 2.64. The molecule has 9 heteroatoms. The zero-order valence-electron chi connectivity index (χ0n) is 18.8. The molecule has 0 aromatic heterocycles. The molecule has 0 aromatic rings. The first-order valence-electron chi connectivity index (χ1n) is 10.5. The molecule has 0 rings (SSSR count). The van der Waals surface area contributed by atoms with Gasteiger partial charge in [0.05, 0.1) is 19.1 Å². The molecule has 0 amide bonds. The number of hydrogen-bond acceptors (Lipinski definition) is 7. The van der Waals surface area contributed by atoms with Gasteiger partial charge < -0.3 is 14.0 Å². The normalized spacial score (nSPS) is 14.4. The van der Waals surface area contributed by atoms with Crippen LogP contribution in [-0.2, 0) is 29.2 Å². The van der Waals surface area contributed by atoms with E-state index >= 15 is 0 Å². The number of unbranched alkanes of at least 4 members (excludes halogenated alkanes) is 4. The Morgan fingerprint density at radius 2 is 1.48 bits per heavy atom. The Hall–Kier alpha value is -0.150. The van der Waals surface area contributed by atoms with Crippen LogP contribution in [0.2, 0.25) is 0 Å². The van der Waals surface area contributed by atoms with E-state index in [1.54, 1.807) is 6.92 Å². The molecule has 3 unspecified atom stereocenters. The first-order chi connectivity index (χ1) is 13.2. The second-order valence-corrected chi connectivity index (χ2v) is 8.70. The van der Waals surface area contributed by atoms with Crippen LogP contribution in [0.5, 0.6) is 0 Å². The average molecular weight is 445 g/mol. The Bertz CT molecular complexity index is 551. The van der Waals surface area contributed by atoms with Crippen molar-refractivity contribution in [1.29, 1.82) is 0 Å².